The van der Waals surface area contributed by atoms with Crippen LogP contribution in [0.3, 0.4) is 0 Å². The summed E-state index contributed by atoms with van der Waals surface area (Å²) in [5.74, 6) is 1.63. The number of hydrogen-bond donors (Lipinski definition) is 2. The number of piperazine rings is 1. The van der Waals surface area contributed by atoms with Gasteiger partial charge < -0.3 is 20.5 Å². The molecule has 1 saturated heterocycles. The molecule has 0 saturated carbocycles. The maximum absolute atomic E-state index is 6.33. The summed E-state index contributed by atoms with van der Waals surface area (Å²) in [7, 11) is 3.33. The summed E-state index contributed by atoms with van der Waals surface area (Å²) in [6.45, 7) is 4.98. The quantitative estimate of drug-likeness (QED) is 0.817. The molecule has 1 aliphatic rings. The van der Waals surface area contributed by atoms with Crippen LogP contribution in [-0.2, 0) is 0 Å². The normalized spacial score (nSPS) is 18.1. The molecule has 0 aliphatic carbocycles. The van der Waals surface area contributed by atoms with Crippen LogP contribution in [0.5, 0.6) is 11.5 Å². The molecule has 2 rings (SSSR count). The van der Waals surface area contributed by atoms with Crippen molar-refractivity contribution >= 4 is 0 Å². The van der Waals surface area contributed by atoms with E-state index in [-0.39, 0.29) is 6.04 Å². The van der Waals surface area contributed by atoms with Gasteiger partial charge in [0.1, 0.15) is 11.5 Å². The minimum atomic E-state index is -0.0665. The molecule has 1 aliphatic heterocycles. The van der Waals surface area contributed by atoms with Crippen molar-refractivity contribution < 1.29 is 9.47 Å². The van der Waals surface area contributed by atoms with Gasteiger partial charge in [-0.25, -0.2) is 0 Å². The van der Waals surface area contributed by atoms with Crippen molar-refractivity contribution in [2.45, 2.75) is 6.04 Å². The summed E-state index contributed by atoms with van der Waals surface area (Å²) in [4.78, 5) is 2.38. The van der Waals surface area contributed by atoms with E-state index in [4.69, 9.17) is 15.2 Å². The molecule has 1 fully saturated rings. The summed E-state index contributed by atoms with van der Waals surface area (Å²) < 4.78 is 10.6. The van der Waals surface area contributed by atoms with Crippen molar-refractivity contribution in [1.29, 1.82) is 0 Å². The molecular formula is C14H23N3O2. The minimum Gasteiger partial charge on any atom is -0.497 e. The van der Waals surface area contributed by atoms with Gasteiger partial charge in [-0.1, -0.05) is 0 Å². The number of benzene rings is 1. The van der Waals surface area contributed by atoms with Crippen LogP contribution in [0, 0.1) is 0 Å². The Morgan fingerprint density at radius 2 is 2.00 bits per heavy atom. The monoisotopic (exact) mass is 265 g/mol. The molecule has 3 N–H and O–H groups in total. The van der Waals surface area contributed by atoms with Crippen LogP contribution in [0.1, 0.15) is 11.6 Å². The van der Waals surface area contributed by atoms with Crippen LogP contribution in [0.2, 0.25) is 0 Å². The van der Waals surface area contributed by atoms with Gasteiger partial charge in [-0.3, -0.25) is 4.90 Å². The van der Waals surface area contributed by atoms with Crippen molar-refractivity contribution in [3.8, 4) is 11.5 Å². The number of ether oxygens (including phenoxy) is 2. The van der Waals surface area contributed by atoms with Crippen LogP contribution >= 0.6 is 0 Å². The van der Waals surface area contributed by atoms with Crippen molar-refractivity contribution in [3.63, 3.8) is 0 Å². The predicted molar refractivity (Wildman–Crippen MR) is 75.8 cm³/mol. The molecule has 1 aromatic carbocycles. The summed E-state index contributed by atoms with van der Waals surface area (Å²) in [6.07, 6.45) is 0. The summed E-state index contributed by atoms with van der Waals surface area (Å²) in [6, 6.07) is 5.69. The Bertz CT molecular complexity index is 406. The van der Waals surface area contributed by atoms with Crippen LogP contribution in [0.25, 0.3) is 0 Å². The fourth-order valence-corrected chi connectivity index (χ4v) is 2.40. The average Bonchev–Trinajstić information content (AvgIpc) is 2.47. The largest absolute Gasteiger partial charge is 0.497 e. The molecule has 0 aromatic heterocycles. The van der Waals surface area contributed by atoms with E-state index in [0.29, 0.717) is 0 Å². The number of hydrogen-bond acceptors (Lipinski definition) is 5. The molecule has 0 radical (unpaired) electrons. The number of methoxy groups -OCH3 is 2. The molecule has 1 unspecified atom stereocenters. The lowest BCUT2D eigenvalue weighted by Crippen LogP contribution is -2.46. The number of rotatable bonds is 5. The number of nitrogens with one attached hydrogen (secondary N) is 1. The van der Waals surface area contributed by atoms with Gasteiger partial charge in [0.25, 0.3) is 0 Å². The first-order valence-corrected chi connectivity index (χ1v) is 6.65. The van der Waals surface area contributed by atoms with Gasteiger partial charge in [0.2, 0.25) is 0 Å². The molecule has 19 heavy (non-hydrogen) atoms. The first-order valence-electron chi connectivity index (χ1n) is 6.65. The van der Waals surface area contributed by atoms with Gasteiger partial charge in [0.15, 0.2) is 0 Å². The fraction of sp³-hybridized carbons (Fsp3) is 0.571. The summed E-state index contributed by atoms with van der Waals surface area (Å²) in [5, 5.41) is 3.34. The van der Waals surface area contributed by atoms with E-state index in [2.05, 4.69) is 10.2 Å². The average molecular weight is 265 g/mol. The van der Waals surface area contributed by atoms with Gasteiger partial charge in [-0.2, -0.15) is 0 Å². The van der Waals surface area contributed by atoms with E-state index in [1.807, 2.05) is 18.2 Å². The zero-order chi connectivity index (χ0) is 13.7. The Balaban J connectivity index is 2.09. The SMILES string of the molecule is COc1ccc(OC)c(C(N)CN2CCNCC2)c1. The second kappa shape index (κ2) is 6.75. The van der Waals surface area contributed by atoms with Crippen LogP contribution in [0.15, 0.2) is 18.2 Å². The highest BCUT2D eigenvalue weighted by atomic mass is 16.5. The van der Waals surface area contributed by atoms with E-state index in [1.54, 1.807) is 14.2 Å². The van der Waals surface area contributed by atoms with Crippen molar-refractivity contribution in [3.05, 3.63) is 23.8 Å². The van der Waals surface area contributed by atoms with Gasteiger partial charge in [-0.05, 0) is 18.2 Å². The van der Waals surface area contributed by atoms with E-state index >= 15 is 0 Å². The molecule has 5 nitrogen and oxygen atoms in total. The van der Waals surface area contributed by atoms with Crippen molar-refractivity contribution in [2.75, 3.05) is 46.9 Å². The van der Waals surface area contributed by atoms with Gasteiger partial charge in [0.05, 0.1) is 14.2 Å². The fourth-order valence-electron chi connectivity index (χ4n) is 2.40. The zero-order valence-electron chi connectivity index (χ0n) is 11.7. The maximum Gasteiger partial charge on any atom is 0.123 e. The molecule has 0 bridgehead atoms. The lowest BCUT2D eigenvalue weighted by atomic mass is 10.0. The van der Waals surface area contributed by atoms with E-state index in [1.165, 1.54) is 0 Å². The highest BCUT2D eigenvalue weighted by Crippen LogP contribution is 2.28. The third-order valence-corrected chi connectivity index (χ3v) is 3.50. The standard InChI is InChI=1S/C14H23N3O2/c1-18-11-3-4-14(19-2)12(9-11)13(15)10-17-7-5-16-6-8-17/h3-4,9,13,16H,5-8,10,15H2,1-2H3. The first-order chi connectivity index (χ1) is 9.24. The van der Waals surface area contributed by atoms with E-state index in [0.717, 1.165) is 49.8 Å². The molecule has 1 heterocycles. The van der Waals surface area contributed by atoms with Gasteiger partial charge >= 0.3 is 0 Å². The first kappa shape index (κ1) is 14.1. The Labute approximate surface area is 114 Å². The lowest BCUT2D eigenvalue weighted by Gasteiger charge is -2.30. The van der Waals surface area contributed by atoms with Gasteiger partial charge in [0, 0.05) is 44.3 Å². The number of nitrogens with zero attached hydrogens (tertiary/aromatic N) is 1. The van der Waals surface area contributed by atoms with Crippen molar-refractivity contribution in [2.24, 2.45) is 5.73 Å². The van der Waals surface area contributed by atoms with Crippen LogP contribution in [0.4, 0.5) is 0 Å². The summed E-state index contributed by atoms with van der Waals surface area (Å²) >= 11 is 0. The molecule has 5 heteroatoms. The molecule has 1 atom stereocenters. The van der Waals surface area contributed by atoms with Gasteiger partial charge in [-0.15, -0.1) is 0 Å². The Morgan fingerprint density at radius 3 is 2.63 bits per heavy atom. The van der Waals surface area contributed by atoms with E-state index < -0.39 is 0 Å². The lowest BCUT2D eigenvalue weighted by molar-refractivity contribution is 0.226. The predicted octanol–water partition coefficient (Wildman–Crippen LogP) is 0.609. The smallest absolute Gasteiger partial charge is 0.123 e. The topological polar surface area (TPSA) is 59.8 Å². The van der Waals surface area contributed by atoms with Crippen molar-refractivity contribution in [1.82, 2.24) is 10.2 Å². The molecule has 0 spiro atoms. The molecular weight excluding hydrogens is 242 g/mol. The Kier molecular flexibility index (Phi) is 5.01. The molecule has 0 amide bonds. The zero-order valence-corrected chi connectivity index (χ0v) is 11.7. The summed E-state index contributed by atoms with van der Waals surface area (Å²) in [5.41, 5.74) is 7.33. The minimum absolute atomic E-state index is 0.0665. The second-order valence-corrected chi connectivity index (χ2v) is 4.76. The second-order valence-electron chi connectivity index (χ2n) is 4.76. The molecule has 106 valence electrons. The number of nitrogens with two attached hydrogens (primary N) is 1. The highest BCUT2D eigenvalue weighted by molar-refractivity contribution is 5.42. The maximum atomic E-state index is 6.33. The third-order valence-electron chi connectivity index (χ3n) is 3.50. The van der Waals surface area contributed by atoms with Crippen LogP contribution in [-0.4, -0.2) is 51.8 Å². The van der Waals surface area contributed by atoms with E-state index in [9.17, 15) is 0 Å². The third kappa shape index (κ3) is 3.59. The van der Waals surface area contributed by atoms with Crippen LogP contribution < -0.4 is 20.5 Å². The Morgan fingerprint density at radius 1 is 1.26 bits per heavy atom. The Hall–Kier alpha value is -1.30. The molecule has 1 aromatic rings. The highest BCUT2D eigenvalue weighted by Gasteiger charge is 2.18.